The van der Waals surface area contributed by atoms with Gasteiger partial charge in [-0.05, 0) is 25.5 Å². The van der Waals surface area contributed by atoms with E-state index in [4.69, 9.17) is 0 Å². The molecule has 108 valence electrons. The molecule has 0 fully saturated rings. The highest BCUT2D eigenvalue weighted by molar-refractivity contribution is 7.20. The van der Waals surface area contributed by atoms with Crippen LogP contribution in [0.3, 0.4) is 0 Å². The molecule has 0 aliphatic rings. The number of fused-ring (bicyclic) bond motifs is 1. The van der Waals surface area contributed by atoms with E-state index in [1.54, 1.807) is 0 Å². The van der Waals surface area contributed by atoms with Crippen LogP contribution in [-0.2, 0) is 6.42 Å². The Hall–Kier alpha value is -2.41. The minimum Gasteiger partial charge on any atom is -0.299 e. The van der Waals surface area contributed by atoms with Crippen LogP contribution in [0, 0.1) is 6.92 Å². The SMILES string of the molecule is CCc1c(C)nc2sc(NNc3ccccc3)nn2c1=O. The third kappa shape index (κ3) is 2.59. The van der Waals surface area contributed by atoms with Gasteiger partial charge in [0.25, 0.3) is 5.56 Å². The molecule has 3 rings (SSSR count). The number of aromatic nitrogens is 3. The van der Waals surface area contributed by atoms with Crippen LogP contribution < -0.4 is 16.4 Å². The summed E-state index contributed by atoms with van der Waals surface area (Å²) in [7, 11) is 0. The van der Waals surface area contributed by atoms with Gasteiger partial charge in [-0.2, -0.15) is 4.52 Å². The lowest BCUT2D eigenvalue weighted by Gasteiger charge is -2.04. The van der Waals surface area contributed by atoms with Crippen molar-refractivity contribution in [3.05, 3.63) is 51.9 Å². The average Bonchev–Trinajstić information content (AvgIpc) is 2.90. The Bertz CT molecular complexity index is 824. The average molecular weight is 301 g/mol. The summed E-state index contributed by atoms with van der Waals surface area (Å²) in [4.78, 5) is 17.3. The summed E-state index contributed by atoms with van der Waals surface area (Å²) in [6.07, 6.45) is 0.656. The maximum atomic E-state index is 12.3. The van der Waals surface area contributed by atoms with Crippen molar-refractivity contribution in [2.75, 3.05) is 10.9 Å². The maximum Gasteiger partial charge on any atom is 0.278 e. The Morgan fingerprint density at radius 2 is 2.00 bits per heavy atom. The van der Waals surface area contributed by atoms with Gasteiger partial charge in [0.1, 0.15) is 0 Å². The van der Waals surface area contributed by atoms with Crippen LogP contribution in [0.4, 0.5) is 10.8 Å². The van der Waals surface area contributed by atoms with Crippen molar-refractivity contribution < 1.29 is 0 Å². The molecule has 3 aromatic rings. The molecule has 0 bridgehead atoms. The van der Waals surface area contributed by atoms with Crippen molar-refractivity contribution >= 4 is 27.1 Å². The second-order valence-electron chi connectivity index (χ2n) is 4.55. The van der Waals surface area contributed by atoms with E-state index in [0.717, 1.165) is 11.4 Å². The minimum absolute atomic E-state index is 0.0935. The fourth-order valence-corrected chi connectivity index (χ4v) is 2.87. The number of nitrogens with zero attached hydrogens (tertiary/aromatic N) is 3. The van der Waals surface area contributed by atoms with Crippen LogP contribution in [0.1, 0.15) is 18.2 Å². The molecule has 0 saturated carbocycles. The van der Waals surface area contributed by atoms with Gasteiger partial charge in [0.15, 0.2) is 0 Å². The number of hydrazine groups is 1. The first-order valence-electron chi connectivity index (χ1n) is 6.65. The molecule has 0 atom stereocenters. The Morgan fingerprint density at radius 3 is 2.71 bits per heavy atom. The van der Waals surface area contributed by atoms with E-state index in [0.29, 0.717) is 22.1 Å². The van der Waals surface area contributed by atoms with Gasteiger partial charge < -0.3 is 0 Å². The van der Waals surface area contributed by atoms with Gasteiger partial charge in [0.05, 0.1) is 5.69 Å². The van der Waals surface area contributed by atoms with Gasteiger partial charge in [-0.25, -0.2) is 4.98 Å². The molecule has 0 radical (unpaired) electrons. The molecule has 7 heteroatoms. The zero-order valence-electron chi connectivity index (χ0n) is 11.8. The molecular formula is C14H15N5OS. The molecule has 2 aromatic heterocycles. The summed E-state index contributed by atoms with van der Waals surface area (Å²) in [5, 5.41) is 4.86. The van der Waals surface area contributed by atoms with Crippen molar-refractivity contribution in [2.24, 2.45) is 0 Å². The minimum atomic E-state index is -0.0935. The number of nitrogens with one attached hydrogen (secondary N) is 2. The van der Waals surface area contributed by atoms with Crippen LogP contribution in [0.15, 0.2) is 35.1 Å². The van der Waals surface area contributed by atoms with Gasteiger partial charge in [-0.1, -0.05) is 36.5 Å². The van der Waals surface area contributed by atoms with Gasteiger partial charge in [-0.15, -0.1) is 5.10 Å². The number of aryl methyl sites for hydroxylation is 1. The van der Waals surface area contributed by atoms with Crippen LogP contribution in [-0.4, -0.2) is 14.6 Å². The van der Waals surface area contributed by atoms with Gasteiger partial charge >= 0.3 is 0 Å². The van der Waals surface area contributed by atoms with E-state index >= 15 is 0 Å². The lowest BCUT2D eigenvalue weighted by molar-refractivity contribution is 0.855. The highest BCUT2D eigenvalue weighted by Crippen LogP contribution is 2.18. The van der Waals surface area contributed by atoms with Gasteiger partial charge in [-0.3, -0.25) is 15.6 Å². The number of hydrogen-bond acceptors (Lipinski definition) is 6. The second-order valence-corrected chi connectivity index (χ2v) is 5.51. The standard InChI is InChI=1S/C14H15N5OS/c1-3-11-9(2)15-14-19(12(11)20)18-13(21-14)17-16-10-7-5-4-6-8-10/h4-8,16H,3H2,1-2H3,(H,17,18). The highest BCUT2D eigenvalue weighted by atomic mass is 32.1. The lowest BCUT2D eigenvalue weighted by atomic mass is 10.2. The van der Waals surface area contributed by atoms with Crippen molar-refractivity contribution in [1.82, 2.24) is 14.6 Å². The van der Waals surface area contributed by atoms with Crippen molar-refractivity contribution in [1.29, 1.82) is 0 Å². The Morgan fingerprint density at radius 1 is 1.24 bits per heavy atom. The molecular weight excluding hydrogens is 286 g/mol. The predicted molar refractivity (Wildman–Crippen MR) is 84.9 cm³/mol. The smallest absolute Gasteiger partial charge is 0.278 e. The van der Waals surface area contributed by atoms with Crippen molar-refractivity contribution in [2.45, 2.75) is 20.3 Å². The number of benzene rings is 1. The third-order valence-corrected chi connectivity index (χ3v) is 3.98. The molecule has 21 heavy (non-hydrogen) atoms. The fraction of sp³-hybridized carbons (Fsp3) is 0.214. The number of para-hydroxylation sites is 1. The van der Waals surface area contributed by atoms with E-state index in [9.17, 15) is 4.79 Å². The van der Waals surface area contributed by atoms with E-state index in [-0.39, 0.29) is 5.56 Å². The molecule has 1 aromatic carbocycles. The number of anilines is 2. The van der Waals surface area contributed by atoms with E-state index in [1.165, 1.54) is 15.9 Å². The quantitative estimate of drug-likeness (QED) is 0.724. The Balaban J connectivity index is 1.91. The van der Waals surface area contributed by atoms with E-state index in [1.807, 2.05) is 44.2 Å². The highest BCUT2D eigenvalue weighted by Gasteiger charge is 2.12. The molecule has 0 unspecified atom stereocenters. The summed E-state index contributed by atoms with van der Waals surface area (Å²) >= 11 is 1.33. The fourth-order valence-electron chi connectivity index (χ4n) is 2.08. The van der Waals surface area contributed by atoms with Crippen LogP contribution in [0.5, 0.6) is 0 Å². The van der Waals surface area contributed by atoms with Crippen molar-refractivity contribution in [3.8, 4) is 0 Å². The monoisotopic (exact) mass is 301 g/mol. The molecule has 0 saturated heterocycles. The predicted octanol–water partition coefficient (Wildman–Crippen LogP) is 2.46. The zero-order valence-corrected chi connectivity index (χ0v) is 12.6. The first-order chi connectivity index (χ1) is 10.2. The van der Waals surface area contributed by atoms with E-state index in [2.05, 4.69) is 20.9 Å². The summed E-state index contributed by atoms with van der Waals surface area (Å²) < 4.78 is 1.35. The number of rotatable bonds is 4. The maximum absolute atomic E-state index is 12.3. The molecule has 0 aliphatic heterocycles. The zero-order chi connectivity index (χ0) is 14.8. The first-order valence-corrected chi connectivity index (χ1v) is 7.47. The second kappa shape index (κ2) is 5.53. The lowest BCUT2D eigenvalue weighted by Crippen LogP contribution is -2.21. The van der Waals surface area contributed by atoms with Gasteiger partial charge in [0.2, 0.25) is 10.1 Å². The van der Waals surface area contributed by atoms with E-state index < -0.39 is 0 Å². The molecule has 0 aliphatic carbocycles. The van der Waals surface area contributed by atoms with Gasteiger partial charge in [0, 0.05) is 11.3 Å². The Kier molecular flexibility index (Phi) is 3.57. The van der Waals surface area contributed by atoms with Crippen LogP contribution >= 0.6 is 11.3 Å². The molecule has 6 nitrogen and oxygen atoms in total. The molecule has 2 N–H and O–H groups in total. The summed E-state index contributed by atoms with van der Waals surface area (Å²) in [5.74, 6) is 0. The Labute approximate surface area is 125 Å². The summed E-state index contributed by atoms with van der Waals surface area (Å²) in [5.41, 5.74) is 8.34. The number of hydrogen-bond donors (Lipinski definition) is 2. The largest absolute Gasteiger partial charge is 0.299 e. The normalized spacial score (nSPS) is 10.8. The van der Waals surface area contributed by atoms with Crippen LogP contribution in [0.2, 0.25) is 0 Å². The molecule has 0 amide bonds. The topological polar surface area (TPSA) is 71.3 Å². The molecule has 2 heterocycles. The summed E-state index contributed by atoms with van der Waals surface area (Å²) in [6, 6.07) is 9.69. The van der Waals surface area contributed by atoms with Crippen LogP contribution in [0.25, 0.3) is 4.96 Å². The third-order valence-electron chi connectivity index (χ3n) is 3.15. The first kappa shape index (κ1) is 13.6. The molecule has 0 spiro atoms. The van der Waals surface area contributed by atoms with Crippen molar-refractivity contribution in [3.63, 3.8) is 0 Å². The summed E-state index contributed by atoms with van der Waals surface area (Å²) in [6.45, 7) is 3.80.